The highest BCUT2D eigenvalue weighted by molar-refractivity contribution is 7.91. The molecular formula is C21H21FN6O4S. The number of aromatic nitrogens is 3. The van der Waals surface area contributed by atoms with Crippen LogP contribution in [0, 0.1) is 5.82 Å². The number of pyridine rings is 1. The molecule has 172 valence electrons. The fraction of sp³-hybridized carbons (Fsp3) is 0.286. The molecular weight excluding hydrogens is 451 g/mol. The number of methoxy groups -OCH3 is 1. The van der Waals surface area contributed by atoms with Crippen molar-refractivity contribution < 1.29 is 22.9 Å². The van der Waals surface area contributed by atoms with Crippen LogP contribution in [0.5, 0.6) is 11.8 Å². The zero-order valence-corrected chi connectivity index (χ0v) is 18.5. The third-order valence-corrected chi connectivity index (χ3v) is 6.98. The number of nitrogens with zero attached hydrogens (tertiary/aromatic N) is 4. The van der Waals surface area contributed by atoms with E-state index in [4.69, 9.17) is 14.6 Å². The van der Waals surface area contributed by atoms with Gasteiger partial charge in [0.1, 0.15) is 10.7 Å². The average Bonchev–Trinajstić information content (AvgIpc) is 3.21. The predicted octanol–water partition coefficient (Wildman–Crippen LogP) is 2.91. The number of hydrogen-bond acceptors (Lipinski definition) is 6. The molecule has 3 N–H and O–H groups in total. The molecule has 0 saturated carbocycles. The number of carbonyl (C=O) groups is 1. The lowest BCUT2D eigenvalue weighted by Gasteiger charge is -2.26. The van der Waals surface area contributed by atoms with Crippen LogP contribution in [0.4, 0.5) is 14.9 Å². The Bertz CT molecular complexity index is 1400. The quantitative estimate of drug-likeness (QED) is 0.600. The van der Waals surface area contributed by atoms with Crippen molar-refractivity contribution >= 4 is 21.6 Å². The summed E-state index contributed by atoms with van der Waals surface area (Å²) in [6.07, 6.45) is 4.88. The van der Waals surface area contributed by atoms with E-state index >= 15 is 4.39 Å². The monoisotopic (exact) mass is 472 g/mol. The number of hydrogen-bond donors (Lipinski definition) is 2. The Labute approximate surface area is 189 Å². The molecule has 0 unspecified atom stereocenters. The van der Waals surface area contributed by atoms with Crippen molar-refractivity contribution in [3.63, 3.8) is 0 Å². The molecule has 2 amide bonds. The maximum atomic E-state index is 15.1. The molecule has 2 aromatic heterocycles. The Hall–Kier alpha value is -3.51. The Morgan fingerprint density at radius 3 is 3.00 bits per heavy atom. The topological polar surface area (TPSA) is 134 Å². The highest BCUT2D eigenvalue weighted by Crippen LogP contribution is 2.41. The second-order valence-corrected chi connectivity index (χ2v) is 9.42. The van der Waals surface area contributed by atoms with Gasteiger partial charge >= 0.3 is 6.03 Å². The lowest BCUT2D eigenvalue weighted by Crippen LogP contribution is -2.22. The number of rotatable bonds is 4. The fourth-order valence-electron chi connectivity index (χ4n) is 3.98. The Morgan fingerprint density at radius 2 is 2.24 bits per heavy atom. The minimum atomic E-state index is -3.65. The van der Waals surface area contributed by atoms with Gasteiger partial charge in [0.15, 0.2) is 9.92 Å². The van der Waals surface area contributed by atoms with E-state index in [0.29, 0.717) is 37.4 Å². The number of nitrogens with one attached hydrogen (secondary N) is 1. The number of carbonyl (C=O) groups excluding carboxylic acids is 1. The summed E-state index contributed by atoms with van der Waals surface area (Å²) in [6, 6.07) is 3.68. The van der Waals surface area contributed by atoms with Gasteiger partial charge in [-0.3, -0.25) is 0 Å². The molecule has 1 atom stereocenters. The van der Waals surface area contributed by atoms with E-state index in [-0.39, 0.29) is 22.0 Å². The number of amides is 2. The molecule has 0 bridgehead atoms. The van der Waals surface area contributed by atoms with Crippen LogP contribution in [0.25, 0.3) is 11.1 Å². The molecule has 5 rings (SSSR count). The molecule has 1 aliphatic heterocycles. The average molecular weight is 473 g/mol. The van der Waals surface area contributed by atoms with Crippen LogP contribution in [0.15, 0.2) is 39.9 Å². The van der Waals surface area contributed by atoms with E-state index in [0.717, 1.165) is 17.5 Å². The molecule has 2 aliphatic rings. The number of ether oxygens (including phenoxy) is 2. The SMILES string of the molecule is COc1cc(-c2c(F)cc3c(c2NC(=O)N=[S@@](N)(=O)c2cnn4c2OCCC4)CC3)ccn1. The number of fused-ring (bicyclic) bond motifs is 2. The van der Waals surface area contributed by atoms with Crippen LogP contribution >= 0.6 is 0 Å². The first kappa shape index (κ1) is 21.3. The number of aryl methyl sites for hydroxylation is 2. The van der Waals surface area contributed by atoms with E-state index in [1.807, 2.05) is 0 Å². The standard InChI is InChI=1S/C21H21FN6O4S/c1-31-17-10-13(5-6-24-17)18-15(22)9-12-3-4-14(12)19(18)26-21(29)27-33(23,30)16-11-25-28-7-2-8-32-20(16)28/h5-6,9-11H,2-4,7-8H2,1H3,(H3,23,26,27,29,30)/t33-/m1/s1. The number of urea groups is 1. The normalized spacial score (nSPS) is 15.8. The van der Waals surface area contributed by atoms with E-state index in [1.54, 1.807) is 12.1 Å². The van der Waals surface area contributed by atoms with Gasteiger partial charge in [0.2, 0.25) is 11.8 Å². The second kappa shape index (κ2) is 8.12. The minimum Gasteiger partial charge on any atom is -0.481 e. The van der Waals surface area contributed by atoms with Gasteiger partial charge in [0, 0.05) is 30.8 Å². The zero-order chi connectivity index (χ0) is 23.2. The summed E-state index contributed by atoms with van der Waals surface area (Å²) in [5, 5.41) is 12.6. The van der Waals surface area contributed by atoms with E-state index < -0.39 is 21.8 Å². The summed E-state index contributed by atoms with van der Waals surface area (Å²) in [6.45, 7) is 1.01. The lowest BCUT2D eigenvalue weighted by atomic mass is 9.83. The van der Waals surface area contributed by atoms with Gasteiger partial charge in [0.05, 0.1) is 25.6 Å². The molecule has 3 aromatic rings. The summed E-state index contributed by atoms with van der Waals surface area (Å²) in [7, 11) is -2.19. The van der Waals surface area contributed by atoms with Crippen molar-refractivity contribution in [2.75, 3.05) is 19.0 Å². The zero-order valence-electron chi connectivity index (χ0n) is 17.7. The van der Waals surface area contributed by atoms with E-state index in [2.05, 4.69) is 19.8 Å². The lowest BCUT2D eigenvalue weighted by molar-refractivity contribution is 0.224. The molecule has 1 aliphatic carbocycles. The highest BCUT2D eigenvalue weighted by Gasteiger charge is 2.28. The van der Waals surface area contributed by atoms with Crippen molar-refractivity contribution in [1.29, 1.82) is 0 Å². The Kier molecular flexibility index (Phi) is 5.25. The van der Waals surface area contributed by atoms with Crippen molar-refractivity contribution in [2.45, 2.75) is 30.7 Å². The van der Waals surface area contributed by atoms with Gasteiger partial charge in [0.25, 0.3) is 0 Å². The third-order valence-electron chi connectivity index (χ3n) is 5.63. The second-order valence-electron chi connectivity index (χ2n) is 7.66. The van der Waals surface area contributed by atoms with Crippen LogP contribution in [0.3, 0.4) is 0 Å². The molecule has 1 aromatic carbocycles. The fourth-order valence-corrected chi connectivity index (χ4v) is 4.98. The smallest absolute Gasteiger partial charge is 0.354 e. The van der Waals surface area contributed by atoms with Gasteiger partial charge < -0.3 is 14.8 Å². The molecule has 0 spiro atoms. The molecule has 0 radical (unpaired) electrons. The molecule has 3 heterocycles. The number of benzene rings is 1. The van der Waals surface area contributed by atoms with Gasteiger partial charge in [-0.25, -0.2) is 28.2 Å². The number of nitrogens with two attached hydrogens (primary N) is 1. The predicted molar refractivity (Wildman–Crippen MR) is 118 cm³/mol. The first-order chi connectivity index (χ1) is 15.9. The summed E-state index contributed by atoms with van der Waals surface area (Å²) in [5.41, 5.74) is 2.49. The van der Waals surface area contributed by atoms with Crippen LogP contribution in [-0.2, 0) is 29.3 Å². The molecule has 10 nitrogen and oxygen atoms in total. The van der Waals surface area contributed by atoms with Gasteiger partial charge in [-0.15, -0.1) is 4.36 Å². The van der Waals surface area contributed by atoms with Crippen LogP contribution < -0.4 is 19.9 Å². The first-order valence-corrected chi connectivity index (χ1v) is 11.8. The molecule has 33 heavy (non-hydrogen) atoms. The minimum absolute atomic E-state index is 0.0451. The van der Waals surface area contributed by atoms with Crippen LogP contribution in [-0.4, -0.2) is 38.7 Å². The number of halogens is 1. The van der Waals surface area contributed by atoms with Crippen molar-refractivity contribution in [2.24, 2.45) is 9.50 Å². The maximum absolute atomic E-state index is 15.1. The molecule has 0 saturated heterocycles. The van der Waals surface area contributed by atoms with Crippen molar-refractivity contribution in [1.82, 2.24) is 14.8 Å². The third kappa shape index (κ3) is 3.80. The van der Waals surface area contributed by atoms with Crippen molar-refractivity contribution in [3.05, 3.63) is 47.5 Å². The highest BCUT2D eigenvalue weighted by atomic mass is 32.2. The number of anilines is 1. The van der Waals surface area contributed by atoms with Gasteiger partial charge in [-0.05, 0) is 41.7 Å². The Balaban J connectivity index is 1.54. The summed E-state index contributed by atoms with van der Waals surface area (Å²) >= 11 is 0. The summed E-state index contributed by atoms with van der Waals surface area (Å²) in [4.78, 5) is 16.9. The van der Waals surface area contributed by atoms with Gasteiger partial charge in [-0.2, -0.15) is 5.10 Å². The maximum Gasteiger partial charge on any atom is 0.354 e. The van der Waals surface area contributed by atoms with Crippen molar-refractivity contribution in [3.8, 4) is 22.9 Å². The first-order valence-electron chi connectivity index (χ1n) is 10.3. The molecule has 0 fully saturated rings. The summed E-state index contributed by atoms with van der Waals surface area (Å²) in [5.74, 6) is 0.0295. The van der Waals surface area contributed by atoms with Gasteiger partial charge in [-0.1, -0.05) is 0 Å². The van der Waals surface area contributed by atoms with E-state index in [9.17, 15) is 9.00 Å². The van der Waals surface area contributed by atoms with Crippen LogP contribution in [0.1, 0.15) is 17.5 Å². The summed E-state index contributed by atoms with van der Waals surface area (Å²) < 4.78 is 44.1. The van der Waals surface area contributed by atoms with Crippen LogP contribution in [0.2, 0.25) is 0 Å². The largest absolute Gasteiger partial charge is 0.481 e. The van der Waals surface area contributed by atoms with E-state index in [1.165, 1.54) is 30.3 Å². The Morgan fingerprint density at radius 1 is 1.39 bits per heavy atom. The molecule has 12 heteroatoms.